The molecule has 2 aliphatic rings. The lowest BCUT2D eigenvalue weighted by Gasteiger charge is -2.31. The Morgan fingerprint density at radius 2 is 1.75 bits per heavy atom. The summed E-state index contributed by atoms with van der Waals surface area (Å²) in [7, 11) is 0. The Labute approximate surface area is 211 Å². The minimum atomic E-state index is -0.663. The van der Waals surface area contributed by atoms with Gasteiger partial charge in [0, 0.05) is 24.3 Å². The number of amides is 2. The zero-order chi connectivity index (χ0) is 25.1. The molecule has 0 bridgehead atoms. The van der Waals surface area contributed by atoms with Gasteiger partial charge in [-0.1, -0.05) is 48.2 Å². The number of hydrogen-bond donors (Lipinski definition) is 1. The van der Waals surface area contributed by atoms with Gasteiger partial charge in [0.05, 0.1) is 5.69 Å². The highest BCUT2D eigenvalue weighted by Crippen LogP contribution is 2.36. The van der Waals surface area contributed by atoms with Crippen molar-refractivity contribution in [1.82, 2.24) is 10.2 Å². The van der Waals surface area contributed by atoms with E-state index in [-0.39, 0.29) is 42.8 Å². The van der Waals surface area contributed by atoms with Gasteiger partial charge in [0.1, 0.15) is 23.5 Å². The lowest BCUT2D eigenvalue weighted by atomic mass is 10.1. The number of halogens is 2. The van der Waals surface area contributed by atoms with Crippen LogP contribution in [-0.2, 0) is 21.9 Å². The zero-order valence-electron chi connectivity index (χ0n) is 19.2. The number of carbonyl (C=O) groups is 2. The molecule has 0 saturated carbocycles. The Morgan fingerprint density at radius 3 is 2.56 bits per heavy atom. The molecule has 2 amide bonds. The summed E-state index contributed by atoms with van der Waals surface area (Å²) in [4.78, 5) is 36.3. The van der Waals surface area contributed by atoms with Crippen LogP contribution >= 0.6 is 11.8 Å². The van der Waals surface area contributed by atoms with E-state index in [1.54, 1.807) is 23.1 Å². The van der Waals surface area contributed by atoms with Gasteiger partial charge in [-0.15, -0.1) is 0 Å². The number of hydrogen-bond acceptors (Lipinski definition) is 5. The molecule has 182 valence electrons. The van der Waals surface area contributed by atoms with Crippen molar-refractivity contribution in [3.8, 4) is 0 Å². The molecular formula is C27H22F2N4O2S. The van der Waals surface area contributed by atoms with Crippen LogP contribution in [0.25, 0.3) is 0 Å². The Hall–Kier alpha value is -3.85. The lowest BCUT2D eigenvalue weighted by molar-refractivity contribution is -0.122. The minimum absolute atomic E-state index is 0.111. The van der Waals surface area contributed by atoms with Gasteiger partial charge in [0.2, 0.25) is 5.91 Å². The second-order valence-electron chi connectivity index (χ2n) is 8.43. The van der Waals surface area contributed by atoms with Crippen molar-refractivity contribution in [2.75, 3.05) is 0 Å². The quantitative estimate of drug-likeness (QED) is 0.494. The standard InChI is InChI=1S/C27H22F2N4O2S/c28-19-10-8-17(9-11-19)15-30-24(34)13-12-23-26(35)32-25-21-6-1-2-7-22(21)31-27(33(23)25)36-16-18-4-3-5-20(29)14-18/h1-11,14,23H,12-13,15-16H2,(H,30,34). The predicted octanol–water partition coefficient (Wildman–Crippen LogP) is 4.95. The molecule has 2 aliphatic heterocycles. The summed E-state index contributed by atoms with van der Waals surface area (Å²) in [5.74, 6) is -0.217. The summed E-state index contributed by atoms with van der Waals surface area (Å²) < 4.78 is 26.7. The number of nitrogens with one attached hydrogen (secondary N) is 1. The highest BCUT2D eigenvalue weighted by atomic mass is 32.2. The van der Waals surface area contributed by atoms with Crippen molar-refractivity contribution in [3.05, 3.63) is 101 Å². The molecule has 9 heteroatoms. The third-order valence-corrected chi connectivity index (χ3v) is 6.94. The Kier molecular flexibility index (Phi) is 6.90. The fourth-order valence-corrected chi connectivity index (χ4v) is 5.10. The molecular weight excluding hydrogens is 482 g/mol. The SMILES string of the molecule is O=C(CCC1C(=O)N=C2c3ccccc3N=C(SCc3cccc(F)c3)N21)NCc1ccc(F)cc1. The van der Waals surface area contributed by atoms with Crippen LogP contribution in [0, 0.1) is 11.6 Å². The van der Waals surface area contributed by atoms with Crippen LogP contribution in [0.15, 0.2) is 82.8 Å². The first-order valence-corrected chi connectivity index (χ1v) is 12.4. The van der Waals surface area contributed by atoms with Gasteiger partial charge < -0.3 is 5.32 Å². The maximum atomic E-state index is 13.7. The number of amidine groups is 2. The van der Waals surface area contributed by atoms with E-state index in [4.69, 9.17) is 4.99 Å². The average Bonchev–Trinajstić information content (AvgIpc) is 3.22. The molecule has 2 heterocycles. The number of nitrogens with zero attached hydrogens (tertiary/aromatic N) is 3. The minimum Gasteiger partial charge on any atom is -0.352 e. The maximum Gasteiger partial charge on any atom is 0.270 e. The summed E-state index contributed by atoms with van der Waals surface area (Å²) in [5, 5.41) is 3.39. The number of benzene rings is 3. The Bertz CT molecular complexity index is 1370. The fraction of sp³-hybridized carbons (Fsp3) is 0.185. The highest BCUT2D eigenvalue weighted by molar-refractivity contribution is 8.13. The number of carbonyl (C=O) groups excluding carboxylic acids is 2. The number of fused-ring (bicyclic) bond motifs is 3. The molecule has 0 spiro atoms. The van der Waals surface area contributed by atoms with E-state index in [9.17, 15) is 18.4 Å². The molecule has 6 nitrogen and oxygen atoms in total. The van der Waals surface area contributed by atoms with E-state index in [0.29, 0.717) is 22.4 Å². The van der Waals surface area contributed by atoms with Gasteiger partial charge in [0.15, 0.2) is 5.17 Å². The molecule has 1 atom stereocenters. The largest absolute Gasteiger partial charge is 0.352 e. The number of aliphatic imine (C=N–C) groups is 2. The maximum absolute atomic E-state index is 13.7. The first-order chi connectivity index (χ1) is 17.5. The first kappa shape index (κ1) is 23.9. The molecule has 3 aromatic rings. The Balaban J connectivity index is 1.30. The summed E-state index contributed by atoms with van der Waals surface area (Å²) in [6.45, 7) is 0.271. The van der Waals surface area contributed by atoms with Gasteiger partial charge in [-0.3, -0.25) is 14.5 Å². The molecule has 5 rings (SSSR count). The third-order valence-electron chi connectivity index (χ3n) is 5.91. The monoisotopic (exact) mass is 504 g/mol. The molecule has 3 aromatic carbocycles. The summed E-state index contributed by atoms with van der Waals surface area (Å²) >= 11 is 1.39. The second kappa shape index (κ2) is 10.4. The molecule has 1 N–H and O–H groups in total. The number of rotatable bonds is 7. The number of para-hydroxylation sites is 1. The van der Waals surface area contributed by atoms with Crippen molar-refractivity contribution in [2.24, 2.45) is 9.98 Å². The van der Waals surface area contributed by atoms with Crippen LogP contribution in [0.1, 0.15) is 29.5 Å². The molecule has 0 fully saturated rings. The van der Waals surface area contributed by atoms with Crippen LogP contribution < -0.4 is 5.32 Å². The van der Waals surface area contributed by atoms with Crippen molar-refractivity contribution >= 4 is 40.3 Å². The van der Waals surface area contributed by atoms with Crippen molar-refractivity contribution in [2.45, 2.75) is 31.2 Å². The molecule has 0 radical (unpaired) electrons. The van der Waals surface area contributed by atoms with E-state index in [1.165, 1.54) is 36.0 Å². The van der Waals surface area contributed by atoms with E-state index < -0.39 is 6.04 Å². The molecule has 0 aromatic heterocycles. The van der Waals surface area contributed by atoms with Gasteiger partial charge in [-0.05, 0) is 53.9 Å². The topological polar surface area (TPSA) is 74.1 Å². The van der Waals surface area contributed by atoms with Crippen molar-refractivity contribution in [3.63, 3.8) is 0 Å². The summed E-state index contributed by atoms with van der Waals surface area (Å²) in [6, 6.07) is 19.0. The third kappa shape index (κ3) is 5.21. The first-order valence-electron chi connectivity index (χ1n) is 11.5. The average molecular weight is 505 g/mol. The molecule has 0 saturated heterocycles. The fourth-order valence-electron chi connectivity index (χ4n) is 4.11. The van der Waals surface area contributed by atoms with Gasteiger partial charge in [0.25, 0.3) is 5.91 Å². The van der Waals surface area contributed by atoms with Crippen LogP contribution in [0.5, 0.6) is 0 Å². The van der Waals surface area contributed by atoms with E-state index in [0.717, 1.165) is 16.7 Å². The van der Waals surface area contributed by atoms with E-state index in [2.05, 4.69) is 10.3 Å². The van der Waals surface area contributed by atoms with E-state index >= 15 is 0 Å². The zero-order valence-corrected chi connectivity index (χ0v) is 20.0. The van der Waals surface area contributed by atoms with Crippen LogP contribution in [0.4, 0.5) is 14.5 Å². The predicted molar refractivity (Wildman–Crippen MR) is 136 cm³/mol. The van der Waals surface area contributed by atoms with Crippen LogP contribution in [0.2, 0.25) is 0 Å². The Morgan fingerprint density at radius 1 is 0.944 bits per heavy atom. The molecule has 0 aliphatic carbocycles. The van der Waals surface area contributed by atoms with Crippen molar-refractivity contribution < 1.29 is 18.4 Å². The second-order valence-corrected chi connectivity index (χ2v) is 9.37. The van der Waals surface area contributed by atoms with Crippen LogP contribution in [0.3, 0.4) is 0 Å². The van der Waals surface area contributed by atoms with Crippen molar-refractivity contribution in [1.29, 1.82) is 0 Å². The van der Waals surface area contributed by atoms with Crippen LogP contribution in [-0.4, -0.2) is 33.8 Å². The summed E-state index contributed by atoms with van der Waals surface area (Å²) in [5.41, 5.74) is 3.04. The normalized spacial score (nSPS) is 16.2. The molecule has 1 unspecified atom stereocenters. The highest BCUT2D eigenvalue weighted by Gasteiger charge is 2.41. The number of thioether (sulfide) groups is 1. The van der Waals surface area contributed by atoms with Gasteiger partial charge in [-0.2, -0.15) is 4.99 Å². The molecule has 36 heavy (non-hydrogen) atoms. The smallest absolute Gasteiger partial charge is 0.270 e. The summed E-state index contributed by atoms with van der Waals surface area (Å²) in [6.07, 6.45) is 0.364. The van der Waals surface area contributed by atoms with Gasteiger partial charge in [-0.25, -0.2) is 13.8 Å². The lowest BCUT2D eigenvalue weighted by Crippen LogP contribution is -2.44. The van der Waals surface area contributed by atoms with E-state index in [1.807, 2.05) is 30.3 Å². The van der Waals surface area contributed by atoms with Gasteiger partial charge >= 0.3 is 0 Å².